The zero-order chi connectivity index (χ0) is 13.5. The van der Waals surface area contributed by atoms with Crippen molar-refractivity contribution in [2.75, 3.05) is 6.61 Å². The largest absolute Gasteiger partial charge is 0.347 e. The quantitative estimate of drug-likeness (QED) is 0.822. The van der Waals surface area contributed by atoms with Gasteiger partial charge in [0.2, 0.25) is 0 Å². The molecule has 106 valence electrons. The number of hydrogen-bond acceptors (Lipinski definition) is 3. The van der Waals surface area contributed by atoms with Gasteiger partial charge >= 0.3 is 0 Å². The molecule has 2 heterocycles. The fourth-order valence-corrected chi connectivity index (χ4v) is 3.14. The molecule has 0 bridgehead atoms. The highest BCUT2D eigenvalue weighted by molar-refractivity contribution is 5.16. The molecular weight excluding hydrogens is 240 g/mol. The molecule has 3 rings (SSSR count). The lowest BCUT2D eigenvalue weighted by molar-refractivity contribution is -0.188. The van der Waals surface area contributed by atoms with Crippen molar-refractivity contribution in [3.63, 3.8) is 0 Å². The van der Waals surface area contributed by atoms with E-state index in [-0.39, 0.29) is 11.9 Å². The Morgan fingerprint density at radius 3 is 2.68 bits per heavy atom. The van der Waals surface area contributed by atoms with Crippen molar-refractivity contribution in [1.82, 2.24) is 9.78 Å². The molecule has 0 radical (unpaired) electrons. The molecule has 4 heteroatoms. The predicted molar refractivity (Wildman–Crippen MR) is 72.9 cm³/mol. The third-order valence-electron chi connectivity index (χ3n) is 4.33. The minimum Gasteiger partial charge on any atom is -0.347 e. The van der Waals surface area contributed by atoms with Crippen LogP contribution in [0.3, 0.4) is 0 Å². The van der Waals surface area contributed by atoms with Gasteiger partial charge in [-0.25, -0.2) is 0 Å². The summed E-state index contributed by atoms with van der Waals surface area (Å²) >= 11 is 0. The highest BCUT2D eigenvalue weighted by atomic mass is 16.7. The molecule has 0 aromatic carbocycles. The number of rotatable bonds is 2. The van der Waals surface area contributed by atoms with Crippen LogP contribution in [0.1, 0.15) is 69.4 Å². The summed E-state index contributed by atoms with van der Waals surface area (Å²) in [5, 5.41) is 4.57. The van der Waals surface area contributed by atoms with Crippen molar-refractivity contribution < 1.29 is 9.47 Å². The van der Waals surface area contributed by atoms with Gasteiger partial charge in [0.1, 0.15) is 6.10 Å². The SMILES string of the molecule is CC(C)c1cc(C2COC3(CCCCC3)O2)n(C)n1. The Kier molecular flexibility index (Phi) is 3.39. The van der Waals surface area contributed by atoms with Gasteiger partial charge in [0.05, 0.1) is 18.0 Å². The summed E-state index contributed by atoms with van der Waals surface area (Å²) in [5.74, 6) is 0.150. The van der Waals surface area contributed by atoms with Crippen LogP contribution in [0.4, 0.5) is 0 Å². The number of aryl methyl sites for hydroxylation is 1. The molecule has 1 spiro atoms. The van der Waals surface area contributed by atoms with E-state index in [2.05, 4.69) is 25.0 Å². The predicted octanol–water partition coefficient (Wildman–Crippen LogP) is 3.29. The van der Waals surface area contributed by atoms with Gasteiger partial charge in [0.25, 0.3) is 0 Å². The summed E-state index contributed by atoms with van der Waals surface area (Å²) < 4.78 is 14.2. The van der Waals surface area contributed by atoms with Gasteiger partial charge < -0.3 is 9.47 Å². The van der Waals surface area contributed by atoms with E-state index in [0.29, 0.717) is 12.5 Å². The van der Waals surface area contributed by atoms with Crippen molar-refractivity contribution in [3.8, 4) is 0 Å². The molecule has 1 aromatic heterocycles. The molecule has 1 saturated carbocycles. The van der Waals surface area contributed by atoms with E-state index in [4.69, 9.17) is 9.47 Å². The Hall–Kier alpha value is -0.870. The molecule has 1 unspecified atom stereocenters. The Morgan fingerprint density at radius 2 is 2.05 bits per heavy atom. The normalized spacial score (nSPS) is 26.4. The minimum absolute atomic E-state index is 0.0445. The van der Waals surface area contributed by atoms with Crippen LogP contribution in [0.2, 0.25) is 0 Å². The highest BCUT2D eigenvalue weighted by Crippen LogP contribution is 2.42. The minimum atomic E-state index is -0.300. The third kappa shape index (κ3) is 2.43. The standard InChI is InChI=1S/C15H24N2O2/c1-11(2)12-9-13(17(3)16-12)14-10-18-15(19-14)7-5-4-6-8-15/h9,11,14H,4-8,10H2,1-3H3. The summed E-state index contributed by atoms with van der Waals surface area (Å²) in [6.07, 6.45) is 5.87. The van der Waals surface area contributed by atoms with Crippen molar-refractivity contribution in [2.24, 2.45) is 7.05 Å². The molecule has 1 aliphatic carbocycles. The van der Waals surface area contributed by atoms with E-state index in [0.717, 1.165) is 24.2 Å². The summed E-state index contributed by atoms with van der Waals surface area (Å²) in [4.78, 5) is 0. The summed E-state index contributed by atoms with van der Waals surface area (Å²) in [6.45, 7) is 5.00. The smallest absolute Gasteiger partial charge is 0.169 e. The first-order valence-electron chi connectivity index (χ1n) is 7.45. The van der Waals surface area contributed by atoms with Crippen LogP contribution in [0.15, 0.2) is 6.07 Å². The highest BCUT2D eigenvalue weighted by Gasteiger charge is 2.43. The lowest BCUT2D eigenvalue weighted by Crippen LogP contribution is -2.32. The molecule has 4 nitrogen and oxygen atoms in total. The summed E-state index contributed by atoms with van der Waals surface area (Å²) in [6, 6.07) is 2.17. The number of nitrogens with zero attached hydrogens (tertiary/aromatic N) is 2. The second-order valence-corrected chi connectivity index (χ2v) is 6.16. The first-order valence-corrected chi connectivity index (χ1v) is 7.45. The van der Waals surface area contributed by atoms with Gasteiger partial charge in [-0.1, -0.05) is 20.3 Å². The maximum Gasteiger partial charge on any atom is 0.169 e. The average molecular weight is 264 g/mol. The number of aromatic nitrogens is 2. The van der Waals surface area contributed by atoms with Crippen LogP contribution in [0, 0.1) is 0 Å². The molecule has 1 saturated heterocycles. The Labute approximate surface area is 115 Å². The Balaban J connectivity index is 1.77. The van der Waals surface area contributed by atoms with Crippen LogP contribution in [0.5, 0.6) is 0 Å². The van der Waals surface area contributed by atoms with E-state index in [1.165, 1.54) is 19.3 Å². The maximum atomic E-state index is 6.27. The zero-order valence-electron chi connectivity index (χ0n) is 12.2. The molecule has 2 fully saturated rings. The fraction of sp³-hybridized carbons (Fsp3) is 0.800. The molecule has 1 aromatic rings. The third-order valence-corrected chi connectivity index (χ3v) is 4.33. The van der Waals surface area contributed by atoms with Crippen LogP contribution in [-0.2, 0) is 16.5 Å². The molecule has 1 atom stereocenters. The van der Waals surface area contributed by atoms with Gasteiger partial charge in [-0.2, -0.15) is 5.10 Å². The summed E-state index contributed by atoms with van der Waals surface area (Å²) in [7, 11) is 2.00. The number of hydrogen-bond donors (Lipinski definition) is 0. The van der Waals surface area contributed by atoms with Crippen molar-refractivity contribution in [3.05, 3.63) is 17.5 Å². The molecule has 0 N–H and O–H groups in total. The Bertz CT molecular complexity index is 447. The number of ether oxygens (including phenoxy) is 2. The topological polar surface area (TPSA) is 36.3 Å². The van der Waals surface area contributed by atoms with Gasteiger partial charge in [0, 0.05) is 19.9 Å². The van der Waals surface area contributed by atoms with E-state index < -0.39 is 0 Å². The van der Waals surface area contributed by atoms with Crippen molar-refractivity contribution in [1.29, 1.82) is 0 Å². The van der Waals surface area contributed by atoms with Crippen LogP contribution in [-0.4, -0.2) is 22.2 Å². The first-order chi connectivity index (χ1) is 9.10. The zero-order valence-corrected chi connectivity index (χ0v) is 12.2. The van der Waals surface area contributed by atoms with Crippen LogP contribution in [0.25, 0.3) is 0 Å². The van der Waals surface area contributed by atoms with Crippen LogP contribution >= 0.6 is 0 Å². The second-order valence-electron chi connectivity index (χ2n) is 6.16. The second kappa shape index (κ2) is 4.91. The molecule has 1 aliphatic heterocycles. The lowest BCUT2D eigenvalue weighted by atomic mass is 9.94. The monoisotopic (exact) mass is 264 g/mol. The van der Waals surface area contributed by atoms with E-state index >= 15 is 0 Å². The van der Waals surface area contributed by atoms with Crippen molar-refractivity contribution in [2.45, 2.75) is 63.8 Å². The summed E-state index contributed by atoms with van der Waals surface area (Å²) in [5.41, 5.74) is 2.27. The van der Waals surface area contributed by atoms with E-state index in [1.54, 1.807) is 0 Å². The van der Waals surface area contributed by atoms with Gasteiger partial charge in [0.15, 0.2) is 5.79 Å². The molecule has 2 aliphatic rings. The average Bonchev–Trinajstić information content (AvgIpc) is 2.95. The van der Waals surface area contributed by atoms with Crippen LogP contribution < -0.4 is 0 Å². The van der Waals surface area contributed by atoms with Gasteiger partial charge in [-0.15, -0.1) is 0 Å². The van der Waals surface area contributed by atoms with Crippen molar-refractivity contribution >= 4 is 0 Å². The van der Waals surface area contributed by atoms with Gasteiger partial charge in [-0.05, 0) is 24.8 Å². The van der Waals surface area contributed by atoms with Gasteiger partial charge in [-0.3, -0.25) is 4.68 Å². The molecular formula is C15H24N2O2. The van der Waals surface area contributed by atoms with E-state index in [9.17, 15) is 0 Å². The molecule has 19 heavy (non-hydrogen) atoms. The lowest BCUT2D eigenvalue weighted by Gasteiger charge is -2.31. The van der Waals surface area contributed by atoms with E-state index in [1.807, 2.05) is 11.7 Å². The first kappa shape index (κ1) is 13.1. The maximum absolute atomic E-state index is 6.27. The fourth-order valence-electron chi connectivity index (χ4n) is 3.14. The Morgan fingerprint density at radius 1 is 1.32 bits per heavy atom. The molecule has 0 amide bonds.